The van der Waals surface area contributed by atoms with Crippen LogP contribution in [-0.2, 0) is 18.6 Å². The molecule has 0 aliphatic carbocycles. The lowest BCUT2D eigenvalue weighted by molar-refractivity contribution is 0.125. The number of aliphatic hydroxyl groups excluding tert-OH is 2. The summed E-state index contributed by atoms with van der Waals surface area (Å²) in [4.78, 5) is 0. The van der Waals surface area contributed by atoms with E-state index in [1.54, 1.807) is 10.9 Å². The predicted molar refractivity (Wildman–Crippen MR) is 128 cm³/mol. The second kappa shape index (κ2) is 11.5. The van der Waals surface area contributed by atoms with Crippen LogP contribution in [0.5, 0.6) is 11.5 Å². The number of halogens is 1. The standard InChI is InChI=1S/C25H32ClN3O4/c1-18-13-20(7-10-24(18)33-17-22(31)14-26)25(2,3)19-5-8-23(9-6-19)32-12-4-11-29-21(16-30)15-27-28-29/h5-10,13,15,22,30-31H,4,11-12,14,16-17H2,1-3H3/t22-/m1/s1. The fraction of sp³-hybridized carbons (Fsp3) is 0.440. The summed E-state index contributed by atoms with van der Waals surface area (Å²) in [7, 11) is 0. The van der Waals surface area contributed by atoms with Crippen molar-refractivity contribution in [1.29, 1.82) is 0 Å². The Bertz CT molecular complexity index is 1020. The van der Waals surface area contributed by atoms with Gasteiger partial charge in [-0.2, -0.15) is 0 Å². The van der Waals surface area contributed by atoms with Gasteiger partial charge in [0.2, 0.25) is 0 Å². The summed E-state index contributed by atoms with van der Waals surface area (Å²) in [6, 6.07) is 14.3. The Balaban J connectivity index is 1.58. The molecule has 1 atom stereocenters. The fourth-order valence-electron chi connectivity index (χ4n) is 3.56. The molecule has 0 saturated carbocycles. The van der Waals surface area contributed by atoms with E-state index in [0.717, 1.165) is 23.5 Å². The number of aryl methyl sites for hydroxylation is 2. The van der Waals surface area contributed by atoms with Gasteiger partial charge in [0, 0.05) is 18.4 Å². The van der Waals surface area contributed by atoms with Gasteiger partial charge in [-0.15, -0.1) is 16.7 Å². The summed E-state index contributed by atoms with van der Waals surface area (Å²) in [5.41, 5.74) is 3.86. The van der Waals surface area contributed by atoms with Gasteiger partial charge in [-0.05, 0) is 41.8 Å². The summed E-state index contributed by atoms with van der Waals surface area (Å²) >= 11 is 5.64. The molecule has 0 unspecified atom stereocenters. The zero-order chi connectivity index (χ0) is 23.8. The monoisotopic (exact) mass is 473 g/mol. The van der Waals surface area contributed by atoms with Gasteiger partial charge in [0.05, 0.1) is 31.0 Å². The van der Waals surface area contributed by atoms with Crippen LogP contribution in [0.25, 0.3) is 0 Å². The quantitative estimate of drug-likeness (QED) is 0.307. The lowest BCUT2D eigenvalue weighted by atomic mass is 9.77. The molecule has 0 radical (unpaired) electrons. The Labute approximate surface area is 199 Å². The van der Waals surface area contributed by atoms with Crippen molar-refractivity contribution in [1.82, 2.24) is 15.0 Å². The summed E-state index contributed by atoms with van der Waals surface area (Å²) in [6.45, 7) is 7.67. The molecule has 2 N–H and O–H groups in total. The maximum atomic E-state index is 9.61. The van der Waals surface area contributed by atoms with Crippen molar-refractivity contribution in [3.05, 3.63) is 71.0 Å². The Morgan fingerprint density at radius 3 is 2.48 bits per heavy atom. The van der Waals surface area contributed by atoms with Gasteiger partial charge in [0.15, 0.2) is 0 Å². The normalized spacial score (nSPS) is 12.5. The maximum Gasteiger partial charge on any atom is 0.122 e. The first kappa shape index (κ1) is 25.0. The van der Waals surface area contributed by atoms with Crippen LogP contribution < -0.4 is 9.47 Å². The van der Waals surface area contributed by atoms with Crippen molar-refractivity contribution in [2.24, 2.45) is 0 Å². The number of hydrogen-bond acceptors (Lipinski definition) is 6. The molecule has 1 heterocycles. The van der Waals surface area contributed by atoms with E-state index in [2.05, 4.69) is 48.4 Å². The average molecular weight is 474 g/mol. The molecule has 0 fully saturated rings. The van der Waals surface area contributed by atoms with Crippen molar-refractivity contribution < 1.29 is 19.7 Å². The molecule has 33 heavy (non-hydrogen) atoms. The fourth-order valence-corrected chi connectivity index (χ4v) is 3.65. The van der Waals surface area contributed by atoms with Crippen molar-refractivity contribution >= 4 is 11.6 Å². The number of rotatable bonds is 12. The van der Waals surface area contributed by atoms with E-state index in [4.69, 9.17) is 21.1 Å². The molecule has 8 heteroatoms. The third-order valence-corrected chi connectivity index (χ3v) is 6.08. The van der Waals surface area contributed by atoms with Gasteiger partial charge in [0.1, 0.15) is 24.2 Å². The van der Waals surface area contributed by atoms with Crippen LogP contribution in [0.3, 0.4) is 0 Å². The molecule has 3 rings (SSSR count). The molecule has 178 valence electrons. The number of hydrogen-bond donors (Lipinski definition) is 2. The molecule has 0 spiro atoms. The predicted octanol–water partition coefficient (Wildman–Crippen LogP) is 3.85. The molecule has 0 aliphatic heterocycles. The van der Waals surface area contributed by atoms with E-state index in [0.29, 0.717) is 18.8 Å². The second-order valence-electron chi connectivity index (χ2n) is 8.56. The number of aromatic nitrogens is 3. The minimum atomic E-state index is -0.677. The van der Waals surface area contributed by atoms with E-state index in [9.17, 15) is 10.2 Å². The highest BCUT2D eigenvalue weighted by atomic mass is 35.5. The van der Waals surface area contributed by atoms with Gasteiger partial charge in [0.25, 0.3) is 0 Å². The Morgan fingerprint density at radius 1 is 1.09 bits per heavy atom. The molecule has 3 aromatic rings. The zero-order valence-corrected chi connectivity index (χ0v) is 20.1. The minimum absolute atomic E-state index is 0.0719. The van der Waals surface area contributed by atoms with Gasteiger partial charge >= 0.3 is 0 Å². The minimum Gasteiger partial charge on any atom is -0.494 e. The van der Waals surface area contributed by atoms with Crippen molar-refractivity contribution in [2.75, 3.05) is 19.1 Å². The first-order valence-corrected chi connectivity index (χ1v) is 11.6. The maximum absolute atomic E-state index is 9.61. The van der Waals surface area contributed by atoms with Gasteiger partial charge in [-0.3, -0.25) is 0 Å². The van der Waals surface area contributed by atoms with Gasteiger partial charge in [-0.25, -0.2) is 4.68 Å². The molecule has 0 saturated heterocycles. The summed E-state index contributed by atoms with van der Waals surface area (Å²) < 4.78 is 13.2. The third-order valence-electron chi connectivity index (χ3n) is 5.72. The Hall–Kier alpha value is -2.61. The molecule has 0 aliphatic rings. The highest BCUT2D eigenvalue weighted by molar-refractivity contribution is 6.18. The molecule has 2 aromatic carbocycles. The summed E-state index contributed by atoms with van der Waals surface area (Å²) in [6.07, 6.45) is 1.65. The second-order valence-corrected chi connectivity index (χ2v) is 8.87. The average Bonchev–Trinajstić information content (AvgIpc) is 3.28. The molecular weight excluding hydrogens is 442 g/mol. The summed E-state index contributed by atoms with van der Waals surface area (Å²) in [5.74, 6) is 1.71. The number of nitrogens with zero attached hydrogens (tertiary/aromatic N) is 3. The van der Waals surface area contributed by atoms with E-state index in [1.165, 1.54) is 11.1 Å². The topological polar surface area (TPSA) is 89.6 Å². The third kappa shape index (κ3) is 6.47. The lowest BCUT2D eigenvalue weighted by Crippen LogP contribution is -2.20. The molecule has 0 bridgehead atoms. The Kier molecular flexibility index (Phi) is 8.72. The summed E-state index contributed by atoms with van der Waals surface area (Å²) in [5, 5.41) is 26.6. The van der Waals surface area contributed by atoms with Crippen LogP contribution in [0.2, 0.25) is 0 Å². The van der Waals surface area contributed by atoms with Gasteiger partial charge < -0.3 is 19.7 Å². The highest BCUT2D eigenvalue weighted by Crippen LogP contribution is 2.34. The van der Waals surface area contributed by atoms with E-state index < -0.39 is 6.10 Å². The van der Waals surface area contributed by atoms with E-state index in [1.807, 2.05) is 25.1 Å². The smallest absolute Gasteiger partial charge is 0.122 e. The van der Waals surface area contributed by atoms with Crippen LogP contribution in [0.1, 0.15) is 42.7 Å². The largest absolute Gasteiger partial charge is 0.494 e. The first-order valence-electron chi connectivity index (χ1n) is 11.0. The molecule has 7 nitrogen and oxygen atoms in total. The molecular formula is C25H32ClN3O4. The molecule has 0 amide bonds. The van der Waals surface area contributed by atoms with Crippen LogP contribution in [-0.4, -0.2) is 50.4 Å². The Morgan fingerprint density at radius 2 is 1.82 bits per heavy atom. The van der Waals surface area contributed by atoms with Crippen molar-refractivity contribution in [3.8, 4) is 11.5 Å². The lowest BCUT2D eigenvalue weighted by Gasteiger charge is -2.27. The molecule has 1 aromatic heterocycles. The van der Waals surface area contributed by atoms with E-state index >= 15 is 0 Å². The van der Waals surface area contributed by atoms with Crippen molar-refractivity contribution in [2.45, 2.75) is 51.9 Å². The number of benzene rings is 2. The zero-order valence-electron chi connectivity index (χ0n) is 19.4. The first-order chi connectivity index (χ1) is 15.8. The number of alkyl halides is 1. The van der Waals surface area contributed by atoms with Crippen LogP contribution in [0.15, 0.2) is 48.7 Å². The van der Waals surface area contributed by atoms with Crippen molar-refractivity contribution in [3.63, 3.8) is 0 Å². The number of ether oxygens (including phenoxy) is 2. The van der Waals surface area contributed by atoms with Crippen LogP contribution in [0.4, 0.5) is 0 Å². The highest BCUT2D eigenvalue weighted by Gasteiger charge is 2.24. The van der Waals surface area contributed by atoms with Crippen LogP contribution in [0, 0.1) is 6.92 Å². The van der Waals surface area contributed by atoms with Crippen LogP contribution >= 0.6 is 11.6 Å². The van der Waals surface area contributed by atoms with Gasteiger partial charge in [-0.1, -0.05) is 43.3 Å². The number of aliphatic hydroxyl groups is 2. The SMILES string of the molecule is Cc1cc(C(C)(C)c2ccc(OCCCn3nncc3CO)cc2)ccc1OC[C@H](O)CCl. The van der Waals surface area contributed by atoms with E-state index in [-0.39, 0.29) is 24.5 Å².